The van der Waals surface area contributed by atoms with Gasteiger partial charge in [0.15, 0.2) is 0 Å². The van der Waals surface area contributed by atoms with Gasteiger partial charge in [-0.25, -0.2) is 0 Å². The third kappa shape index (κ3) is 0.841. The molecule has 0 fully saturated rings. The number of hydrogen-bond acceptors (Lipinski definition) is 5. The largest absolute Gasteiger partial charge is 0.396 e. The Kier molecular flexibility index (Phi) is 1.30. The maximum Gasteiger partial charge on any atom is 0.122 e. The first kappa shape index (κ1) is 7.63. The van der Waals surface area contributed by atoms with Crippen molar-refractivity contribution in [3.05, 3.63) is 11.6 Å². The molecule has 6 nitrogen and oxygen atoms in total. The molecule has 2 heterocycles. The topological polar surface area (TPSA) is 75.7 Å². The second-order valence-electron chi connectivity index (χ2n) is 2.97. The zero-order valence-corrected chi connectivity index (χ0v) is 7.99. The maximum atomic E-state index is 9.08. The molecular weight excluding hydrogens is 202 g/mol. The highest BCUT2D eigenvalue weighted by molar-refractivity contribution is 7.58. The third-order valence-corrected chi connectivity index (χ3v) is 2.67. The van der Waals surface area contributed by atoms with Crippen molar-refractivity contribution in [2.24, 2.45) is 8.73 Å². The highest BCUT2D eigenvalue weighted by Gasteiger charge is 2.15. The normalized spacial score (nSPS) is 13.2. The number of hydrogen-bond donors (Lipinski definition) is 1. The van der Waals surface area contributed by atoms with E-state index in [2.05, 4.69) is 18.9 Å². The van der Waals surface area contributed by atoms with Crippen LogP contribution in [0.1, 0.15) is 5.56 Å². The van der Waals surface area contributed by atoms with Crippen molar-refractivity contribution in [1.82, 2.24) is 15.2 Å². The van der Waals surface area contributed by atoms with Crippen molar-refractivity contribution in [3.8, 4) is 0 Å². The van der Waals surface area contributed by atoms with E-state index in [0.717, 1.165) is 28.3 Å². The summed E-state index contributed by atoms with van der Waals surface area (Å²) < 4.78 is 8.26. The van der Waals surface area contributed by atoms with Gasteiger partial charge in [0.1, 0.15) is 22.4 Å². The van der Waals surface area contributed by atoms with Gasteiger partial charge in [-0.1, -0.05) is 0 Å². The summed E-state index contributed by atoms with van der Waals surface area (Å²) in [4.78, 5) is 0.569. The molecule has 1 aromatic carbocycles. The predicted molar refractivity (Wildman–Crippen MR) is 51.0 cm³/mol. The van der Waals surface area contributed by atoms with Crippen LogP contribution in [0.2, 0.25) is 0 Å². The van der Waals surface area contributed by atoms with Crippen LogP contribution in [-0.2, 0) is 11.4 Å². The van der Waals surface area contributed by atoms with E-state index < -0.39 is 0 Å². The molecule has 70 valence electrons. The van der Waals surface area contributed by atoms with Gasteiger partial charge in [-0.15, -0.1) is 10.2 Å². The molecule has 3 rings (SSSR count). The van der Waals surface area contributed by atoms with Gasteiger partial charge in [-0.05, 0) is 17.9 Å². The van der Waals surface area contributed by atoms with Crippen molar-refractivity contribution in [2.75, 3.05) is 0 Å². The Morgan fingerprint density at radius 2 is 2.21 bits per heavy atom. The molecule has 14 heavy (non-hydrogen) atoms. The predicted octanol–water partition coefficient (Wildman–Crippen LogP) is 1.70. The van der Waals surface area contributed by atoms with Crippen molar-refractivity contribution >= 4 is 33.8 Å². The van der Waals surface area contributed by atoms with E-state index in [1.807, 2.05) is 6.92 Å². The fourth-order valence-electron chi connectivity index (χ4n) is 1.46. The lowest BCUT2D eigenvalue weighted by Crippen LogP contribution is -1.93. The number of aryl methyl sites for hydroxylation is 1. The van der Waals surface area contributed by atoms with E-state index in [-0.39, 0.29) is 0 Å². The molecule has 1 aromatic heterocycles. The first-order chi connectivity index (χ1) is 6.75. The summed E-state index contributed by atoms with van der Waals surface area (Å²) in [6, 6.07) is 1.76. The Morgan fingerprint density at radius 1 is 1.36 bits per heavy atom. The number of fused-ring (bicyclic) bond motifs is 2. The van der Waals surface area contributed by atoms with Gasteiger partial charge in [0.25, 0.3) is 0 Å². The second-order valence-corrected chi connectivity index (χ2v) is 3.50. The highest BCUT2D eigenvalue weighted by atomic mass is 32.1. The van der Waals surface area contributed by atoms with Gasteiger partial charge in [0.2, 0.25) is 0 Å². The number of benzene rings is 1. The molecule has 0 radical (unpaired) electrons. The smallest absolute Gasteiger partial charge is 0.122 e. The molecule has 1 N–H and O–H groups in total. The Bertz CT molecular complexity index is 610. The second kappa shape index (κ2) is 2.38. The summed E-state index contributed by atoms with van der Waals surface area (Å²) >= 11 is 1.16. The quantitative estimate of drug-likeness (QED) is 0.570. The molecule has 0 spiro atoms. The Hall–Kier alpha value is -1.76. The Labute approximate surface area is 82.0 Å². The average molecular weight is 207 g/mol. The zero-order valence-electron chi connectivity index (χ0n) is 7.17. The minimum atomic E-state index is 0.569. The van der Waals surface area contributed by atoms with Crippen LogP contribution in [0.25, 0.3) is 11.0 Å². The van der Waals surface area contributed by atoms with Crippen LogP contribution in [-0.4, -0.2) is 20.4 Å². The first-order valence-corrected chi connectivity index (χ1v) is 4.67. The summed E-state index contributed by atoms with van der Waals surface area (Å²) in [6.07, 6.45) is 0. The summed E-state index contributed by atoms with van der Waals surface area (Å²) in [5, 5.41) is 16.7. The van der Waals surface area contributed by atoms with Crippen molar-refractivity contribution < 1.29 is 5.21 Å². The van der Waals surface area contributed by atoms with Gasteiger partial charge >= 0.3 is 0 Å². The van der Waals surface area contributed by atoms with Gasteiger partial charge in [-0.3, -0.25) is 0 Å². The number of nitrogens with zero attached hydrogens (tertiary/aromatic N) is 5. The van der Waals surface area contributed by atoms with Crippen LogP contribution in [0.4, 0.5) is 11.4 Å². The molecule has 0 bridgehead atoms. The van der Waals surface area contributed by atoms with Crippen LogP contribution in [0.15, 0.2) is 14.8 Å². The highest BCUT2D eigenvalue weighted by Crippen LogP contribution is 2.38. The van der Waals surface area contributed by atoms with E-state index in [9.17, 15) is 0 Å². The molecule has 0 saturated heterocycles. The molecule has 0 unspecified atom stereocenters. The molecule has 1 aliphatic heterocycles. The van der Waals surface area contributed by atoms with E-state index >= 15 is 0 Å². The lowest BCUT2D eigenvalue weighted by atomic mass is 10.1. The van der Waals surface area contributed by atoms with Gasteiger partial charge in [0.05, 0.1) is 11.4 Å². The minimum absolute atomic E-state index is 0.569. The molecule has 0 saturated carbocycles. The fraction of sp³-hybridized carbons (Fsp3) is 0.143. The SMILES string of the molecule is Cc1c2c(cc3nn(O)nc13)N=S=N2. The van der Waals surface area contributed by atoms with Crippen molar-refractivity contribution in [3.63, 3.8) is 0 Å². The van der Waals surface area contributed by atoms with Crippen molar-refractivity contribution in [1.29, 1.82) is 0 Å². The average Bonchev–Trinajstić information content (AvgIpc) is 2.71. The van der Waals surface area contributed by atoms with Crippen LogP contribution < -0.4 is 0 Å². The summed E-state index contributed by atoms with van der Waals surface area (Å²) in [7, 11) is 0. The molecule has 1 aliphatic rings. The van der Waals surface area contributed by atoms with E-state index in [0.29, 0.717) is 16.0 Å². The summed E-state index contributed by atoms with van der Waals surface area (Å²) in [5.41, 5.74) is 3.80. The molecule has 7 heteroatoms. The van der Waals surface area contributed by atoms with E-state index in [1.54, 1.807) is 6.07 Å². The van der Waals surface area contributed by atoms with Crippen LogP contribution in [0, 0.1) is 6.92 Å². The molecule has 0 aliphatic carbocycles. The monoisotopic (exact) mass is 207 g/mol. The molecule has 2 aromatic rings. The molecular formula is C7H5N5OS. The summed E-state index contributed by atoms with van der Waals surface area (Å²) in [6.45, 7) is 1.89. The fourth-order valence-corrected chi connectivity index (χ4v) is 2.04. The van der Waals surface area contributed by atoms with Crippen LogP contribution >= 0.6 is 0 Å². The van der Waals surface area contributed by atoms with Gasteiger partial charge < -0.3 is 5.21 Å². The van der Waals surface area contributed by atoms with Crippen LogP contribution in [0.3, 0.4) is 0 Å². The number of aromatic nitrogens is 3. The van der Waals surface area contributed by atoms with E-state index in [1.165, 1.54) is 0 Å². The lowest BCUT2D eigenvalue weighted by Gasteiger charge is -1.97. The van der Waals surface area contributed by atoms with Crippen LogP contribution in [0.5, 0.6) is 0 Å². The van der Waals surface area contributed by atoms with Gasteiger partial charge in [-0.2, -0.15) is 8.73 Å². The van der Waals surface area contributed by atoms with Crippen molar-refractivity contribution in [2.45, 2.75) is 6.92 Å². The standard InChI is InChI=1S/C7H5N5OS/c1-3-6-4(8-12(13)9-6)2-5-7(3)11-14-10-5/h2,13H,1H3. The third-order valence-electron chi connectivity index (χ3n) is 2.13. The molecule has 0 amide bonds. The lowest BCUT2D eigenvalue weighted by molar-refractivity contribution is 0.113. The minimum Gasteiger partial charge on any atom is -0.396 e. The molecule has 0 atom stereocenters. The first-order valence-electron chi connectivity index (χ1n) is 3.94. The van der Waals surface area contributed by atoms with E-state index in [4.69, 9.17) is 5.21 Å². The van der Waals surface area contributed by atoms with Gasteiger partial charge in [0, 0.05) is 5.56 Å². The summed E-state index contributed by atoms with van der Waals surface area (Å²) in [5.74, 6) is 0. The number of rotatable bonds is 0. The Balaban J connectivity index is 2.50. The zero-order chi connectivity index (χ0) is 9.71. The maximum absolute atomic E-state index is 9.08. The Morgan fingerprint density at radius 3 is 3.07 bits per heavy atom.